The van der Waals surface area contributed by atoms with Gasteiger partial charge >= 0.3 is 5.97 Å². The fraction of sp³-hybridized carbons (Fsp3) is 0.400. The van der Waals surface area contributed by atoms with Crippen molar-refractivity contribution in [2.75, 3.05) is 25.1 Å². The van der Waals surface area contributed by atoms with E-state index in [1.165, 1.54) is 16.9 Å². The molecule has 0 spiro atoms. The van der Waals surface area contributed by atoms with E-state index >= 15 is 0 Å². The molecule has 1 N–H and O–H groups in total. The van der Waals surface area contributed by atoms with Crippen molar-refractivity contribution in [3.05, 3.63) is 64.0 Å². The molecule has 0 aliphatic heterocycles. The molecule has 7 heteroatoms. The van der Waals surface area contributed by atoms with Crippen LogP contribution in [-0.2, 0) is 16.0 Å². The summed E-state index contributed by atoms with van der Waals surface area (Å²) >= 11 is 1.34. The second-order valence-electron chi connectivity index (χ2n) is 8.84. The second-order valence-corrected chi connectivity index (χ2v) is 9.72. The number of carbonyl (C=O) groups is 2. The zero-order valence-corrected chi connectivity index (χ0v) is 23.3. The van der Waals surface area contributed by atoms with E-state index in [4.69, 9.17) is 14.2 Å². The zero-order chi connectivity index (χ0) is 26.8. The number of ether oxygens (including phenoxy) is 3. The smallest absolute Gasteiger partial charge is 0.341 e. The first kappa shape index (κ1) is 28.3. The van der Waals surface area contributed by atoms with E-state index in [1.54, 1.807) is 6.92 Å². The number of thiophene rings is 1. The monoisotopic (exact) mass is 523 g/mol. The molecule has 37 heavy (non-hydrogen) atoms. The molecule has 1 aromatic heterocycles. The van der Waals surface area contributed by atoms with Gasteiger partial charge in [-0.1, -0.05) is 37.6 Å². The van der Waals surface area contributed by atoms with E-state index in [0.717, 1.165) is 40.8 Å². The lowest BCUT2D eigenvalue weighted by Gasteiger charge is -2.13. The molecular formula is C30H37NO5S. The number of esters is 1. The predicted molar refractivity (Wildman–Crippen MR) is 150 cm³/mol. The molecule has 198 valence electrons. The molecule has 3 rings (SSSR count). The Labute approximate surface area is 224 Å². The Bertz CT molecular complexity index is 1220. The molecule has 0 saturated carbocycles. The first-order chi connectivity index (χ1) is 17.9. The van der Waals surface area contributed by atoms with Crippen LogP contribution in [0.4, 0.5) is 5.00 Å². The third-order valence-electron chi connectivity index (χ3n) is 6.05. The Morgan fingerprint density at radius 2 is 1.73 bits per heavy atom. The van der Waals surface area contributed by atoms with Gasteiger partial charge in [0.05, 0.1) is 19.8 Å². The van der Waals surface area contributed by atoms with Crippen LogP contribution in [-0.4, -0.2) is 31.7 Å². The van der Waals surface area contributed by atoms with Gasteiger partial charge in [-0.15, -0.1) is 11.3 Å². The highest BCUT2D eigenvalue weighted by atomic mass is 32.1. The van der Waals surface area contributed by atoms with Crippen LogP contribution in [0, 0.1) is 13.8 Å². The van der Waals surface area contributed by atoms with Crippen molar-refractivity contribution >= 4 is 28.2 Å². The van der Waals surface area contributed by atoms with Gasteiger partial charge in [-0.3, -0.25) is 4.79 Å². The SMILES string of the molecule is CCCCOc1ccc(CCC(=O)Nc2scc(-c3ccc(C)c(C)c3)c2C(=O)OCC)cc1OCC. The normalized spacial score (nSPS) is 10.7. The van der Waals surface area contributed by atoms with E-state index in [0.29, 0.717) is 35.9 Å². The molecule has 2 aromatic carbocycles. The summed E-state index contributed by atoms with van der Waals surface area (Å²) < 4.78 is 16.9. The maximum absolute atomic E-state index is 12.9. The summed E-state index contributed by atoms with van der Waals surface area (Å²) in [5.41, 5.74) is 5.38. The second kappa shape index (κ2) is 13.8. The third-order valence-corrected chi connectivity index (χ3v) is 6.94. The van der Waals surface area contributed by atoms with E-state index in [-0.39, 0.29) is 18.9 Å². The number of aryl methyl sites for hydroxylation is 3. The number of amides is 1. The Hall–Kier alpha value is -3.32. The summed E-state index contributed by atoms with van der Waals surface area (Å²) in [6, 6.07) is 11.9. The third kappa shape index (κ3) is 7.59. The van der Waals surface area contributed by atoms with Gasteiger partial charge in [-0.05, 0) is 74.9 Å². The maximum Gasteiger partial charge on any atom is 0.341 e. The standard InChI is InChI=1S/C30H37NO5S/c1-6-9-16-36-25-14-11-22(18-26(25)34-7-2)12-15-27(32)31-29-28(30(33)35-8-3)24(19-37-29)23-13-10-20(4)21(5)17-23/h10-11,13-14,17-19H,6-9,12,15-16H2,1-5H3,(H,31,32). The molecule has 1 amide bonds. The highest BCUT2D eigenvalue weighted by Crippen LogP contribution is 2.37. The lowest BCUT2D eigenvalue weighted by atomic mass is 9.99. The van der Waals surface area contributed by atoms with Crippen molar-refractivity contribution in [2.45, 2.75) is 60.3 Å². The Morgan fingerprint density at radius 3 is 2.43 bits per heavy atom. The first-order valence-corrected chi connectivity index (χ1v) is 13.8. The quantitative estimate of drug-likeness (QED) is 0.187. The van der Waals surface area contributed by atoms with Crippen molar-refractivity contribution in [1.82, 2.24) is 0 Å². The molecule has 1 heterocycles. The van der Waals surface area contributed by atoms with Crippen LogP contribution in [0.5, 0.6) is 11.5 Å². The van der Waals surface area contributed by atoms with Crippen molar-refractivity contribution in [3.63, 3.8) is 0 Å². The molecule has 6 nitrogen and oxygen atoms in total. The Kier molecular flexibility index (Phi) is 10.6. The summed E-state index contributed by atoms with van der Waals surface area (Å²) in [5, 5.41) is 5.35. The van der Waals surface area contributed by atoms with Crippen LogP contribution in [0.2, 0.25) is 0 Å². The van der Waals surface area contributed by atoms with Crippen LogP contribution >= 0.6 is 11.3 Å². The molecule has 0 saturated heterocycles. The van der Waals surface area contributed by atoms with Gasteiger partial charge in [0.15, 0.2) is 11.5 Å². The fourth-order valence-electron chi connectivity index (χ4n) is 3.85. The molecule has 0 bridgehead atoms. The summed E-state index contributed by atoms with van der Waals surface area (Å²) in [4.78, 5) is 25.8. The van der Waals surface area contributed by atoms with Crippen LogP contribution in [0.25, 0.3) is 11.1 Å². The van der Waals surface area contributed by atoms with Gasteiger partial charge in [0.2, 0.25) is 5.91 Å². The number of rotatable bonds is 13. The topological polar surface area (TPSA) is 73.9 Å². The highest BCUT2D eigenvalue weighted by molar-refractivity contribution is 7.15. The lowest BCUT2D eigenvalue weighted by molar-refractivity contribution is -0.116. The van der Waals surface area contributed by atoms with E-state index in [9.17, 15) is 9.59 Å². The molecule has 3 aromatic rings. The average molecular weight is 524 g/mol. The van der Waals surface area contributed by atoms with Gasteiger partial charge in [0, 0.05) is 17.4 Å². The summed E-state index contributed by atoms with van der Waals surface area (Å²) in [6.45, 7) is 11.4. The number of hydrogen-bond acceptors (Lipinski definition) is 6. The van der Waals surface area contributed by atoms with Gasteiger partial charge in [-0.25, -0.2) is 4.79 Å². The lowest BCUT2D eigenvalue weighted by Crippen LogP contribution is -2.15. The van der Waals surface area contributed by atoms with Gasteiger partial charge in [0.25, 0.3) is 0 Å². The van der Waals surface area contributed by atoms with E-state index in [2.05, 4.69) is 25.2 Å². The van der Waals surface area contributed by atoms with Crippen LogP contribution in [0.3, 0.4) is 0 Å². The van der Waals surface area contributed by atoms with Crippen molar-refractivity contribution in [2.24, 2.45) is 0 Å². The number of anilines is 1. The molecular weight excluding hydrogens is 486 g/mol. The van der Waals surface area contributed by atoms with E-state index < -0.39 is 5.97 Å². The van der Waals surface area contributed by atoms with Crippen LogP contribution in [0.15, 0.2) is 41.8 Å². The van der Waals surface area contributed by atoms with Gasteiger partial charge < -0.3 is 19.5 Å². The minimum absolute atomic E-state index is 0.166. The number of hydrogen-bond donors (Lipinski definition) is 1. The van der Waals surface area contributed by atoms with Crippen molar-refractivity contribution < 1.29 is 23.8 Å². The number of unbranched alkanes of at least 4 members (excludes halogenated alkanes) is 1. The summed E-state index contributed by atoms with van der Waals surface area (Å²) in [5.74, 6) is 0.810. The Morgan fingerprint density at radius 1 is 0.919 bits per heavy atom. The molecule has 0 aliphatic carbocycles. The molecule has 0 radical (unpaired) electrons. The summed E-state index contributed by atoms with van der Waals surface area (Å²) in [7, 11) is 0. The zero-order valence-electron chi connectivity index (χ0n) is 22.4. The molecule has 0 fully saturated rings. The summed E-state index contributed by atoms with van der Waals surface area (Å²) in [6.07, 6.45) is 2.84. The molecule has 0 atom stereocenters. The van der Waals surface area contributed by atoms with E-state index in [1.807, 2.05) is 49.6 Å². The fourth-order valence-corrected chi connectivity index (χ4v) is 4.82. The minimum atomic E-state index is -0.438. The number of nitrogens with one attached hydrogen (secondary N) is 1. The van der Waals surface area contributed by atoms with Crippen LogP contribution < -0.4 is 14.8 Å². The van der Waals surface area contributed by atoms with Crippen molar-refractivity contribution in [1.29, 1.82) is 0 Å². The number of carbonyl (C=O) groups excluding carboxylic acids is 2. The van der Waals surface area contributed by atoms with Crippen LogP contribution in [0.1, 0.15) is 67.1 Å². The molecule has 0 aliphatic rings. The molecule has 0 unspecified atom stereocenters. The van der Waals surface area contributed by atoms with Gasteiger partial charge in [0.1, 0.15) is 10.6 Å². The largest absolute Gasteiger partial charge is 0.490 e. The highest BCUT2D eigenvalue weighted by Gasteiger charge is 2.23. The average Bonchev–Trinajstić information content (AvgIpc) is 3.29. The maximum atomic E-state index is 12.9. The predicted octanol–water partition coefficient (Wildman–Crippen LogP) is 7.36. The first-order valence-electron chi connectivity index (χ1n) is 12.9. The minimum Gasteiger partial charge on any atom is -0.490 e. The Balaban J connectivity index is 1.74. The van der Waals surface area contributed by atoms with Crippen molar-refractivity contribution in [3.8, 4) is 22.6 Å². The van der Waals surface area contributed by atoms with Gasteiger partial charge in [-0.2, -0.15) is 0 Å². The number of benzene rings is 2.